The first-order valence-corrected chi connectivity index (χ1v) is 15.6. The smallest absolute Gasteiger partial charge is 0.353 e. The molecule has 3 N–H and O–H groups in total. The maximum Gasteiger partial charge on any atom is 0.405 e. The lowest BCUT2D eigenvalue weighted by Crippen LogP contribution is -2.50. The highest BCUT2D eigenvalue weighted by Gasteiger charge is 2.49. The molecule has 6 nitrogen and oxygen atoms in total. The quantitative estimate of drug-likeness (QED) is 0.223. The Hall–Kier alpha value is -3.69. The standard InChI is InChI=1S/C35H41F3N4O2/c36-35(37,38)25-41-33(44)34(29-16-6-4-14-27(29)28-15-5-7-17-30(28)34)19-9-10-20-39-21-22-40-32(43)31-18-8-11-23-42(31)24-26-12-2-1-3-13-26/h1-7,12-17,31,39H,8-11,18-25H2,(H,40,43)(H,41,44). The van der Waals surface area contributed by atoms with E-state index in [0.717, 1.165) is 61.0 Å². The molecule has 3 aromatic rings. The van der Waals surface area contributed by atoms with Crippen molar-refractivity contribution in [2.24, 2.45) is 0 Å². The summed E-state index contributed by atoms with van der Waals surface area (Å²) in [5.41, 5.74) is 3.30. The number of nitrogens with zero attached hydrogens (tertiary/aromatic N) is 1. The largest absolute Gasteiger partial charge is 0.405 e. The van der Waals surface area contributed by atoms with Gasteiger partial charge in [0.1, 0.15) is 12.0 Å². The Morgan fingerprint density at radius 3 is 2.14 bits per heavy atom. The maximum atomic E-state index is 13.6. The summed E-state index contributed by atoms with van der Waals surface area (Å²) in [7, 11) is 0. The van der Waals surface area contributed by atoms with Gasteiger partial charge in [-0.15, -0.1) is 0 Å². The number of fused-ring (bicyclic) bond motifs is 3. The Kier molecular flexibility index (Phi) is 10.4. The van der Waals surface area contributed by atoms with Gasteiger partial charge in [0, 0.05) is 19.6 Å². The molecule has 0 spiro atoms. The van der Waals surface area contributed by atoms with E-state index in [9.17, 15) is 22.8 Å². The molecule has 0 aromatic heterocycles. The van der Waals surface area contributed by atoms with Crippen LogP contribution < -0.4 is 16.0 Å². The lowest BCUT2D eigenvalue weighted by molar-refractivity contribution is -0.141. The second kappa shape index (κ2) is 14.4. The van der Waals surface area contributed by atoms with Crippen LogP contribution in [-0.2, 0) is 21.5 Å². The number of benzene rings is 3. The van der Waals surface area contributed by atoms with E-state index < -0.39 is 24.0 Å². The molecule has 1 saturated heterocycles. The zero-order valence-corrected chi connectivity index (χ0v) is 25.0. The van der Waals surface area contributed by atoms with Crippen molar-refractivity contribution in [2.45, 2.75) is 62.7 Å². The number of unbranched alkanes of at least 4 members (excludes halogenated alkanes) is 1. The number of carbonyl (C=O) groups excluding carboxylic acids is 2. The molecule has 0 bridgehead atoms. The third-order valence-electron chi connectivity index (χ3n) is 8.80. The Balaban J connectivity index is 1.12. The fraction of sp³-hybridized carbons (Fsp3) is 0.429. The number of nitrogens with one attached hydrogen (secondary N) is 3. The lowest BCUT2D eigenvalue weighted by atomic mass is 9.73. The fourth-order valence-corrected chi connectivity index (χ4v) is 6.74. The van der Waals surface area contributed by atoms with E-state index in [1.54, 1.807) is 0 Å². The van der Waals surface area contributed by atoms with Crippen molar-refractivity contribution < 1.29 is 22.8 Å². The summed E-state index contributed by atoms with van der Waals surface area (Å²) in [6.07, 6.45) is 0.272. The summed E-state index contributed by atoms with van der Waals surface area (Å²) in [6.45, 7) is 2.11. The van der Waals surface area contributed by atoms with Gasteiger partial charge in [-0.2, -0.15) is 13.2 Å². The number of halogens is 3. The van der Waals surface area contributed by atoms with Crippen molar-refractivity contribution in [1.29, 1.82) is 0 Å². The van der Waals surface area contributed by atoms with Crippen LogP contribution in [0.15, 0.2) is 78.9 Å². The number of amides is 2. The molecule has 44 heavy (non-hydrogen) atoms. The molecule has 2 amide bonds. The van der Waals surface area contributed by atoms with Gasteiger partial charge >= 0.3 is 6.18 Å². The summed E-state index contributed by atoms with van der Waals surface area (Å²) < 4.78 is 39.3. The molecule has 5 rings (SSSR count). The molecule has 9 heteroatoms. The first kappa shape index (κ1) is 31.7. The zero-order chi connectivity index (χ0) is 31.0. The molecular formula is C35H41F3N4O2. The molecule has 1 aliphatic carbocycles. The Morgan fingerprint density at radius 1 is 0.795 bits per heavy atom. The van der Waals surface area contributed by atoms with Crippen molar-refractivity contribution in [2.75, 3.05) is 32.7 Å². The van der Waals surface area contributed by atoms with Crippen LogP contribution in [0.2, 0.25) is 0 Å². The zero-order valence-electron chi connectivity index (χ0n) is 25.0. The van der Waals surface area contributed by atoms with Crippen LogP contribution in [-0.4, -0.2) is 61.7 Å². The highest BCUT2D eigenvalue weighted by molar-refractivity contribution is 6.00. The topological polar surface area (TPSA) is 73.5 Å². The molecule has 1 aliphatic heterocycles. The minimum Gasteiger partial charge on any atom is -0.353 e. The van der Waals surface area contributed by atoms with Crippen LogP contribution in [0.1, 0.15) is 55.2 Å². The summed E-state index contributed by atoms with van der Waals surface area (Å²) in [6, 6.07) is 25.1. The molecule has 234 valence electrons. The Labute approximate surface area is 257 Å². The van der Waals surface area contributed by atoms with Gasteiger partial charge in [-0.05, 0) is 66.6 Å². The molecule has 1 unspecified atom stereocenters. The number of hydrogen-bond acceptors (Lipinski definition) is 4. The van der Waals surface area contributed by atoms with E-state index in [2.05, 4.69) is 33.0 Å². The highest BCUT2D eigenvalue weighted by Crippen LogP contribution is 2.51. The highest BCUT2D eigenvalue weighted by atomic mass is 19.4. The van der Waals surface area contributed by atoms with Gasteiger partial charge < -0.3 is 16.0 Å². The van der Waals surface area contributed by atoms with Crippen LogP contribution in [0.4, 0.5) is 13.2 Å². The Morgan fingerprint density at radius 2 is 1.45 bits per heavy atom. The molecule has 1 atom stereocenters. The second-order valence-electron chi connectivity index (χ2n) is 11.8. The van der Waals surface area contributed by atoms with E-state index in [1.807, 2.05) is 66.7 Å². The van der Waals surface area contributed by atoms with Gasteiger partial charge in [-0.25, -0.2) is 0 Å². The molecule has 1 heterocycles. The summed E-state index contributed by atoms with van der Waals surface area (Å²) in [4.78, 5) is 28.9. The fourth-order valence-electron chi connectivity index (χ4n) is 6.74. The van der Waals surface area contributed by atoms with Gasteiger partial charge in [-0.3, -0.25) is 14.5 Å². The van der Waals surface area contributed by atoms with Crippen LogP contribution in [0.3, 0.4) is 0 Å². The average Bonchev–Trinajstić information content (AvgIpc) is 3.32. The van der Waals surface area contributed by atoms with Crippen molar-refractivity contribution >= 4 is 11.8 Å². The molecule has 3 aromatic carbocycles. The van der Waals surface area contributed by atoms with E-state index in [-0.39, 0.29) is 11.9 Å². The normalized spacial score (nSPS) is 17.5. The number of piperidine rings is 1. The molecular weight excluding hydrogens is 565 g/mol. The molecule has 1 fully saturated rings. The molecule has 0 radical (unpaired) electrons. The van der Waals surface area contributed by atoms with Gasteiger partial charge in [0.2, 0.25) is 11.8 Å². The number of hydrogen-bond donors (Lipinski definition) is 3. The van der Waals surface area contributed by atoms with Gasteiger partial charge in [-0.1, -0.05) is 91.7 Å². The van der Waals surface area contributed by atoms with Crippen molar-refractivity contribution in [1.82, 2.24) is 20.9 Å². The summed E-state index contributed by atoms with van der Waals surface area (Å²) >= 11 is 0. The number of alkyl halides is 3. The van der Waals surface area contributed by atoms with Gasteiger partial charge in [0.05, 0.1) is 6.04 Å². The van der Waals surface area contributed by atoms with Crippen molar-refractivity contribution in [3.05, 3.63) is 95.6 Å². The SMILES string of the molecule is O=C(NCCNCCCCC1(C(=O)NCC(F)(F)F)c2ccccc2-c2ccccc21)C1CCCCN1Cc1ccccc1. The van der Waals surface area contributed by atoms with E-state index >= 15 is 0 Å². The summed E-state index contributed by atoms with van der Waals surface area (Å²) in [5.74, 6) is -0.556. The number of likely N-dealkylation sites (tertiary alicyclic amines) is 1. The first-order chi connectivity index (χ1) is 21.3. The van der Waals surface area contributed by atoms with Crippen LogP contribution in [0.25, 0.3) is 11.1 Å². The van der Waals surface area contributed by atoms with E-state index in [0.29, 0.717) is 32.5 Å². The van der Waals surface area contributed by atoms with E-state index in [1.165, 1.54) is 5.56 Å². The van der Waals surface area contributed by atoms with Gasteiger partial charge in [0.25, 0.3) is 0 Å². The monoisotopic (exact) mass is 606 g/mol. The third kappa shape index (κ3) is 7.33. The number of rotatable bonds is 13. The predicted octanol–water partition coefficient (Wildman–Crippen LogP) is 5.56. The Bertz CT molecular complexity index is 1370. The summed E-state index contributed by atoms with van der Waals surface area (Å²) in [5, 5.41) is 8.64. The average molecular weight is 607 g/mol. The number of carbonyl (C=O) groups is 2. The third-order valence-corrected chi connectivity index (χ3v) is 8.80. The van der Waals surface area contributed by atoms with Crippen molar-refractivity contribution in [3.63, 3.8) is 0 Å². The minimum absolute atomic E-state index is 0.0628. The predicted molar refractivity (Wildman–Crippen MR) is 166 cm³/mol. The molecule has 2 aliphatic rings. The minimum atomic E-state index is -4.50. The van der Waals surface area contributed by atoms with Crippen LogP contribution in [0.5, 0.6) is 0 Å². The van der Waals surface area contributed by atoms with Gasteiger partial charge in [0.15, 0.2) is 0 Å². The van der Waals surface area contributed by atoms with E-state index in [4.69, 9.17) is 0 Å². The van der Waals surface area contributed by atoms with Crippen LogP contribution >= 0.6 is 0 Å². The maximum absolute atomic E-state index is 13.6. The van der Waals surface area contributed by atoms with Crippen LogP contribution in [0, 0.1) is 0 Å². The first-order valence-electron chi connectivity index (χ1n) is 15.6. The molecule has 0 saturated carbocycles. The second-order valence-corrected chi connectivity index (χ2v) is 11.8. The lowest BCUT2D eigenvalue weighted by Gasteiger charge is -2.34. The van der Waals surface area contributed by atoms with Crippen molar-refractivity contribution in [3.8, 4) is 11.1 Å².